The summed E-state index contributed by atoms with van der Waals surface area (Å²) in [6.07, 6.45) is 0. The Morgan fingerprint density at radius 3 is 2.59 bits per heavy atom. The Bertz CT molecular complexity index is 659. The number of nitrogens with zero attached hydrogens (tertiary/aromatic N) is 2. The van der Waals surface area contributed by atoms with Crippen LogP contribution in [-0.2, 0) is 11.3 Å². The maximum absolute atomic E-state index is 12.1. The second kappa shape index (κ2) is 7.21. The van der Waals surface area contributed by atoms with Crippen molar-refractivity contribution in [2.24, 2.45) is 0 Å². The lowest BCUT2D eigenvalue weighted by molar-refractivity contribution is -0.384. The first-order chi connectivity index (χ1) is 10.6. The zero-order chi connectivity index (χ0) is 15.9. The molecule has 0 aliphatic carbocycles. The minimum absolute atomic E-state index is 0.00455. The van der Waals surface area contributed by atoms with Crippen LogP contribution in [0.15, 0.2) is 54.6 Å². The molecule has 0 bridgehead atoms. The number of rotatable bonds is 6. The fraction of sp³-hybridized carbons (Fsp3) is 0.188. The first-order valence-electron chi connectivity index (χ1n) is 6.82. The van der Waals surface area contributed by atoms with Crippen LogP contribution in [0.5, 0.6) is 0 Å². The number of hydrogen-bond acceptors (Lipinski definition) is 4. The third kappa shape index (κ3) is 4.31. The number of anilines is 1. The minimum Gasteiger partial charge on any atom is -0.376 e. The van der Waals surface area contributed by atoms with Gasteiger partial charge in [0.05, 0.1) is 11.5 Å². The van der Waals surface area contributed by atoms with Crippen molar-refractivity contribution in [2.75, 3.05) is 18.9 Å². The number of nitro benzene ring substituents is 1. The predicted octanol–water partition coefficient (Wildman–Crippen LogP) is 2.67. The van der Waals surface area contributed by atoms with Crippen LogP contribution in [0, 0.1) is 10.1 Å². The van der Waals surface area contributed by atoms with Crippen molar-refractivity contribution in [3.63, 3.8) is 0 Å². The molecule has 0 aromatic heterocycles. The third-order valence-electron chi connectivity index (χ3n) is 3.19. The molecule has 6 heteroatoms. The van der Waals surface area contributed by atoms with Crippen molar-refractivity contribution in [3.8, 4) is 0 Å². The summed E-state index contributed by atoms with van der Waals surface area (Å²) in [6.45, 7) is 0.612. The number of amides is 1. The van der Waals surface area contributed by atoms with E-state index in [2.05, 4.69) is 5.32 Å². The number of carbonyl (C=O) groups is 1. The molecule has 0 spiro atoms. The lowest BCUT2D eigenvalue weighted by Gasteiger charge is -2.18. The summed E-state index contributed by atoms with van der Waals surface area (Å²) in [4.78, 5) is 23.9. The van der Waals surface area contributed by atoms with E-state index in [1.807, 2.05) is 30.3 Å². The third-order valence-corrected chi connectivity index (χ3v) is 3.19. The van der Waals surface area contributed by atoms with Gasteiger partial charge in [0.2, 0.25) is 5.91 Å². The highest BCUT2D eigenvalue weighted by Crippen LogP contribution is 2.16. The van der Waals surface area contributed by atoms with E-state index in [0.717, 1.165) is 5.56 Å². The number of likely N-dealkylation sites (N-methyl/N-ethyl adjacent to an activating group) is 1. The van der Waals surface area contributed by atoms with Gasteiger partial charge in [-0.05, 0) is 11.6 Å². The van der Waals surface area contributed by atoms with Crippen LogP contribution >= 0.6 is 0 Å². The van der Waals surface area contributed by atoms with E-state index in [1.165, 1.54) is 12.1 Å². The van der Waals surface area contributed by atoms with Gasteiger partial charge in [0, 0.05) is 31.4 Å². The summed E-state index contributed by atoms with van der Waals surface area (Å²) in [5.74, 6) is -0.0876. The molecule has 1 N–H and O–H groups in total. The van der Waals surface area contributed by atoms with Gasteiger partial charge in [-0.3, -0.25) is 14.9 Å². The van der Waals surface area contributed by atoms with Crippen molar-refractivity contribution < 1.29 is 9.72 Å². The van der Waals surface area contributed by atoms with Crippen LogP contribution in [0.3, 0.4) is 0 Å². The molecule has 2 aromatic carbocycles. The molecule has 0 fully saturated rings. The smallest absolute Gasteiger partial charge is 0.271 e. The molecule has 22 heavy (non-hydrogen) atoms. The van der Waals surface area contributed by atoms with Crippen molar-refractivity contribution in [1.29, 1.82) is 0 Å². The second-order valence-corrected chi connectivity index (χ2v) is 4.90. The molecule has 114 valence electrons. The molecule has 0 saturated heterocycles. The molecule has 0 radical (unpaired) electrons. The van der Waals surface area contributed by atoms with E-state index in [1.54, 1.807) is 24.1 Å². The Kier molecular flexibility index (Phi) is 5.08. The van der Waals surface area contributed by atoms with E-state index in [-0.39, 0.29) is 18.1 Å². The van der Waals surface area contributed by atoms with Gasteiger partial charge in [-0.1, -0.05) is 36.4 Å². The molecular formula is C16H17N3O3. The van der Waals surface area contributed by atoms with Crippen molar-refractivity contribution in [1.82, 2.24) is 4.90 Å². The average Bonchev–Trinajstić information content (AvgIpc) is 2.53. The fourth-order valence-corrected chi connectivity index (χ4v) is 1.99. The lowest BCUT2D eigenvalue weighted by atomic mass is 10.2. The molecule has 2 aromatic rings. The molecule has 0 aliphatic rings. The van der Waals surface area contributed by atoms with Gasteiger partial charge < -0.3 is 10.2 Å². The second-order valence-electron chi connectivity index (χ2n) is 4.90. The van der Waals surface area contributed by atoms with Crippen LogP contribution in [0.2, 0.25) is 0 Å². The van der Waals surface area contributed by atoms with E-state index in [9.17, 15) is 14.9 Å². The molecule has 1 amide bonds. The molecule has 0 aliphatic heterocycles. The van der Waals surface area contributed by atoms with E-state index >= 15 is 0 Å². The number of non-ortho nitro benzene ring substituents is 1. The topological polar surface area (TPSA) is 75.5 Å². The SMILES string of the molecule is CN(Cc1ccccc1)C(=O)CNc1cccc([N+](=O)[O-])c1. The lowest BCUT2D eigenvalue weighted by Crippen LogP contribution is -2.31. The molecule has 0 atom stereocenters. The van der Waals surface area contributed by atoms with Crippen LogP contribution in [0.1, 0.15) is 5.56 Å². The Hall–Kier alpha value is -2.89. The normalized spacial score (nSPS) is 10.0. The van der Waals surface area contributed by atoms with Crippen LogP contribution in [0.25, 0.3) is 0 Å². The van der Waals surface area contributed by atoms with Gasteiger partial charge in [0.25, 0.3) is 5.69 Å². The van der Waals surface area contributed by atoms with Gasteiger partial charge in [0.1, 0.15) is 0 Å². The van der Waals surface area contributed by atoms with Crippen LogP contribution in [-0.4, -0.2) is 29.3 Å². The van der Waals surface area contributed by atoms with Gasteiger partial charge >= 0.3 is 0 Å². The molecule has 6 nitrogen and oxygen atoms in total. The van der Waals surface area contributed by atoms with Gasteiger partial charge in [-0.2, -0.15) is 0 Å². The van der Waals surface area contributed by atoms with E-state index in [4.69, 9.17) is 0 Å². The van der Waals surface area contributed by atoms with E-state index < -0.39 is 4.92 Å². The maximum Gasteiger partial charge on any atom is 0.271 e. The summed E-state index contributed by atoms with van der Waals surface area (Å²) in [5.41, 5.74) is 1.60. The summed E-state index contributed by atoms with van der Waals surface area (Å²) in [7, 11) is 1.73. The first-order valence-corrected chi connectivity index (χ1v) is 6.82. The minimum atomic E-state index is -0.464. The molecule has 0 saturated carbocycles. The highest BCUT2D eigenvalue weighted by molar-refractivity contribution is 5.80. The Labute approximate surface area is 128 Å². The first kappa shape index (κ1) is 15.5. The Morgan fingerprint density at radius 2 is 1.91 bits per heavy atom. The zero-order valence-corrected chi connectivity index (χ0v) is 12.2. The maximum atomic E-state index is 12.1. The average molecular weight is 299 g/mol. The fourth-order valence-electron chi connectivity index (χ4n) is 1.99. The van der Waals surface area contributed by atoms with Crippen molar-refractivity contribution >= 4 is 17.3 Å². The summed E-state index contributed by atoms with van der Waals surface area (Å²) in [6, 6.07) is 15.8. The molecular weight excluding hydrogens is 282 g/mol. The van der Waals surface area contributed by atoms with Gasteiger partial charge in [-0.25, -0.2) is 0 Å². The standard InChI is InChI=1S/C16H17N3O3/c1-18(12-13-6-3-2-4-7-13)16(20)11-17-14-8-5-9-15(10-14)19(21)22/h2-10,17H,11-12H2,1H3. The number of carbonyl (C=O) groups excluding carboxylic acids is 1. The predicted molar refractivity (Wildman–Crippen MR) is 84.5 cm³/mol. The molecule has 2 rings (SSSR count). The summed E-state index contributed by atoms with van der Waals surface area (Å²) >= 11 is 0. The number of nitrogens with one attached hydrogen (secondary N) is 1. The van der Waals surface area contributed by atoms with Crippen LogP contribution in [0.4, 0.5) is 11.4 Å². The van der Waals surface area contributed by atoms with Crippen molar-refractivity contribution in [3.05, 3.63) is 70.3 Å². The Morgan fingerprint density at radius 1 is 1.18 bits per heavy atom. The summed E-state index contributed by atoms with van der Waals surface area (Å²) in [5, 5.41) is 13.6. The van der Waals surface area contributed by atoms with Crippen LogP contribution < -0.4 is 5.32 Å². The van der Waals surface area contributed by atoms with Gasteiger partial charge in [0.15, 0.2) is 0 Å². The zero-order valence-electron chi connectivity index (χ0n) is 12.2. The van der Waals surface area contributed by atoms with Gasteiger partial charge in [-0.15, -0.1) is 0 Å². The monoisotopic (exact) mass is 299 g/mol. The number of hydrogen-bond donors (Lipinski definition) is 1. The summed E-state index contributed by atoms with van der Waals surface area (Å²) < 4.78 is 0. The number of benzene rings is 2. The highest BCUT2D eigenvalue weighted by atomic mass is 16.6. The largest absolute Gasteiger partial charge is 0.376 e. The number of nitro groups is 1. The molecule has 0 heterocycles. The van der Waals surface area contributed by atoms with E-state index in [0.29, 0.717) is 12.2 Å². The molecule has 0 unspecified atom stereocenters. The van der Waals surface area contributed by atoms with Crippen molar-refractivity contribution in [2.45, 2.75) is 6.54 Å². The quantitative estimate of drug-likeness (QED) is 0.657. The Balaban J connectivity index is 1.89. The highest BCUT2D eigenvalue weighted by Gasteiger charge is 2.10.